The Morgan fingerprint density at radius 1 is 1.32 bits per heavy atom. The van der Waals surface area contributed by atoms with E-state index in [9.17, 15) is 5.11 Å². The summed E-state index contributed by atoms with van der Waals surface area (Å²) in [6, 6.07) is 6.41. The molecule has 0 amide bonds. The van der Waals surface area contributed by atoms with E-state index >= 15 is 0 Å². The van der Waals surface area contributed by atoms with Gasteiger partial charge in [-0.25, -0.2) is 0 Å². The second-order valence-corrected chi connectivity index (χ2v) is 6.86. The van der Waals surface area contributed by atoms with Gasteiger partial charge >= 0.3 is 0 Å². The molecule has 1 aliphatic heterocycles. The Hall–Kier alpha value is -1.96. The summed E-state index contributed by atoms with van der Waals surface area (Å²) in [5.74, 6) is 1.23. The minimum atomic E-state index is -0.00453. The summed E-state index contributed by atoms with van der Waals surface area (Å²) in [6.45, 7) is 10.5. The van der Waals surface area contributed by atoms with E-state index in [-0.39, 0.29) is 12.0 Å². The number of allylic oxidation sites excluding steroid dienone is 1. The predicted octanol–water partition coefficient (Wildman–Crippen LogP) is 5.25. The minimum Gasteiger partial charge on any atom is -0.504 e. The first-order valence-corrected chi connectivity index (χ1v) is 7.98. The summed E-state index contributed by atoms with van der Waals surface area (Å²) in [4.78, 5) is 0. The first kappa shape index (κ1) is 15.0. The van der Waals surface area contributed by atoms with Crippen molar-refractivity contribution in [2.45, 2.75) is 53.1 Å². The van der Waals surface area contributed by atoms with Crippen LogP contribution in [0.5, 0.6) is 11.5 Å². The summed E-state index contributed by atoms with van der Waals surface area (Å²) in [5, 5.41) is 13.0. The van der Waals surface area contributed by atoms with Crippen molar-refractivity contribution in [3.63, 3.8) is 0 Å². The number of phenols is 1. The molecule has 2 heteroatoms. The zero-order chi connectivity index (χ0) is 16.0. The Bertz CT molecular complexity index is 765. The topological polar surface area (TPSA) is 29.5 Å². The lowest BCUT2D eigenvalue weighted by Crippen LogP contribution is -2.22. The average Bonchev–Trinajstić information content (AvgIpc) is 2.44. The highest BCUT2D eigenvalue weighted by atomic mass is 16.5. The molecular weight excluding hydrogens is 272 g/mol. The van der Waals surface area contributed by atoms with Gasteiger partial charge in [0, 0.05) is 17.4 Å². The molecule has 0 aromatic heterocycles. The van der Waals surface area contributed by atoms with E-state index in [1.165, 1.54) is 16.7 Å². The van der Waals surface area contributed by atoms with Crippen LogP contribution in [0, 0.1) is 6.92 Å². The summed E-state index contributed by atoms with van der Waals surface area (Å²) < 4.78 is 6.17. The van der Waals surface area contributed by atoms with Crippen LogP contribution in [0.25, 0.3) is 10.8 Å². The van der Waals surface area contributed by atoms with Crippen molar-refractivity contribution >= 4 is 10.8 Å². The first-order valence-electron chi connectivity index (χ1n) is 7.98. The van der Waals surface area contributed by atoms with Gasteiger partial charge in [0.1, 0.15) is 6.10 Å². The van der Waals surface area contributed by atoms with Crippen molar-refractivity contribution in [3.05, 3.63) is 46.5 Å². The molecule has 0 saturated carbocycles. The lowest BCUT2D eigenvalue weighted by Gasteiger charge is -2.28. The highest BCUT2D eigenvalue weighted by Crippen LogP contribution is 2.46. The van der Waals surface area contributed by atoms with Crippen LogP contribution >= 0.6 is 0 Å². The third kappa shape index (κ3) is 2.37. The summed E-state index contributed by atoms with van der Waals surface area (Å²) >= 11 is 0. The van der Waals surface area contributed by atoms with E-state index in [0.717, 1.165) is 22.8 Å². The van der Waals surface area contributed by atoms with Gasteiger partial charge in [0.15, 0.2) is 11.5 Å². The average molecular weight is 296 g/mol. The Morgan fingerprint density at radius 3 is 2.68 bits per heavy atom. The van der Waals surface area contributed by atoms with Crippen LogP contribution in [-0.2, 0) is 6.42 Å². The molecule has 0 unspecified atom stereocenters. The molecule has 1 N–H and O–H groups in total. The van der Waals surface area contributed by atoms with Gasteiger partial charge in [-0.05, 0) is 55.3 Å². The van der Waals surface area contributed by atoms with Crippen molar-refractivity contribution in [3.8, 4) is 11.5 Å². The van der Waals surface area contributed by atoms with Gasteiger partial charge in [0.25, 0.3) is 0 Å². The van der Waals surface area contributed by atoms with Crippen LogP contribution in [0.2, 0.25) is 0 Å². The fourth-order valence-electron chi connectivity index (χ4n) is 3.32. The normalized spacial score (nSPS) is 16.7. The molecule has 0 spiro atoms. The molecule has 0 radical (unpaired) electrons. The Kier molecular flexibility index (Phi) is 3.64. The van der Waals surface area contributed by atoms with E-state index in [1.807, 2.05) is 0 Å². The fourth-order valence-corrected chi connectivity index (χ4v) is 3.32. The number of ether oxygens (including phenoxy) is 1. The van der Waals surface area contributed by atoms with Gasteiger partial charge in [-0.15, -0.1) is 0 Å². The second-order valence-electron chi connectivity index (χ2n) is 6.86. The number of rotatable bonds is 2. The van der Waals surface area contributed by atoms with Crippen LogP contribution in [0.4, 0.5) is 0 Å². The van der Waals surface area contributed by atoms with Crippen LogP contribution < -0.4 is 4.74 Å². The van der Waals surface area contributed by atoms with Crippen LogP contribution in [0.1, 0.15) is 50.3 Å². The third-order valence-electron chi connectivity index (χ3n) is 4.42. The molecule has 116 valence electrons. The maximum Gasteiger partial charge on any atom is 0.170 e. The van der Waals surface area contributed by atoms with Crippen molar-refractivity contribution < 1.29 is 9.84 Å². The molecule has 1 heterocycles. The first-order chi connectivity index (χ1) is 10.4. The highest BCUT2D eigenvalue weighted by molar-refractivity contribution is 5.96. The molecule has 1 atom stereocenters. The zero-order valence-electron chi connectivity index (χ0n) is 14.0. The number of benzene rings is 2. The summed E-state index contributed by atoms with van der Waals surface area (Å²) in [7, 11) is 0. The number of hydrogen-bond donors (Lipinski definition) is 1. The van der Waals surface area contributed by atoms with E-state index in [2.05, 4.69) is 58.9 Å². The predicted molar refractivity (Wildman–Crippen MR) is 92.0 cm³/mol. The molecule has 0 bridgehead atoms. The third-order valence-corrected chi connectivity index (χ3v) is 4.42. The van der Waals surface area contributed by atoms with Gasteiger partial charge < -0.3 is 9.84 Å². The minimum absolute atomic E-state index is 0.00453. The number of aryl methyl sites for hydroxylation is 1. The van der Waals surface area contributed by atoms with E-state index in [0.29, 0.717) is 11.5 Å². The second kappa shape index (κ2) is 5.35. The standard InChI is InChI=1S/C20H24O2/c1-11(2)8-15-10-17-13(5)6-7-14-9-16(12(3)4)19(21)20(22-15)18(14)17/h6-9,12,15,21H,10H2,1-5H3/t15-/m0/s1. The van der Waals surface area contributed by atoms with Crippen molar-refractivity contribution in [1.82, 2.24) is 0 Å². The SMILES string of the molecule is CC(C)=C[C@H]1Cc2c(C)ccc3cc(C(C)C)c(O)c(c23)O1. The molecule has 1 aliphatic rings. The van der Waals surface area contributed by atoms with Gasteiger partial charge in [0.2, 0.25) is 0 Å². The van der Waals surface area contributed by atoms with Crippen molar-refractivity contribution in [1.29, 1.82) is 0 Å². The van der Waals surface area contributed by atoms with Crippen LogP contribution in [0.3, 0.4) is 0 Å². The number of phenolic OH excluding ortho intramolecular Hbond substituents is 1. The molecule has 2 aromatic carbocycles. The molecule has 0 aliphatic carbocycles. The monoisotopic (exact) mass is 296 g/mol. The van der Waals surface area contributed by atoms with E-state index in [1.54, 1.807) is 0 Å². The fraction of sp³-hybridized carbons (Fsp3) is 0.400. The van der Waals surface area contributed by atoms with E-state index < -0.39 is 0 Å². The van der Waals surface area contributed by atoms with Gasteiger partial charge in [-0.3, -0.25) is 0 Å². The van der Waals surface area contributed by atoms with Crippen LogP contribution in [-0.4, -0.2) is 11.2 Å². The molecule has 0 saturated heterocycles. The lowest BCUT2D eigenvalue weighted by molar-refractivity contribution is 0.233. The molecule has 3 rings (SSSR count). The molecule has 2 aromatic rings. The quantitative estimate of drug-likeness (QED) is 0.767. The number of aromatic hydroxyl groups is 1. The highest BCUT2D eigenvalue weighted by Gasteiger charge is 2.26. The van der Waals surface area contributed by atoms with E-state index in [4.69, 9.17) is 4.74 Å². The Labute approximate surface area is 132 Å². The van der Waals surface area contributed by atoms with Gasteiger partial charge in [-0.1, -0.05) is 31.6 Å². The van der Waals surface area contributed by atoms with Gasteiger partial charge in [-0.2, -0.15) is 0 Å². The maximum atomic E-state index is 10.7. The summed E-state index contributed by atoms with van der Waals surface area (Å²) in [5.41, 5.74) is 4.75. The zero-order valence-corrected chi connectivity index (χ0v) is 14.0. The Balaban J connectivity index is 2.30. The maximum absolute atomic E-state index is 10.7. The largest absolute Gasteiger partial charge is 0.504 e. The number of hydrogen-bond acceptors (Lipinski definition) is 2. The van der Waals surface area contributed by atoms with Crippen molar-refractivity contribution in [2.75, 3.05) is 0 Å². The molecular formula is C20H24O2. The van der Waals surface area contributed by atoms with Gasteiger partial charge in [0.05, 0.1) is 0 Å². The Morgan fingerprint density at radius 2 is 2.05 bits per heavy atom. The van der Waals surface area contributed by atoms with Crippen molar-refractivity contribution in [2.24, 2.45) is 0 Å². The molecule has 0 fully saturated rings. The smallest absolute Gasteiger partial charge is 0.170 e. The molecule has 22 heavy (non-hydrogen) atoms. The lowest BCUT2D eigenvalue weighted by atomic mass is 9.88. The summed E-state index contributed by atoms with van der Waals surface area (Å²) in [6.07, 6.45) is 3.00. The molecule has 2 nitrogen and oxygen atoms in total. The van der Waals surface area contributed by atoms with Crippen LogP contribution in [0.15, 0.2) is 29.8 Å².